The third-order valence-electron chi connectivity index (χ3n) is 5.79. The Morgan fingerprint density at radius 3 is 2.82 bits per heavy atom. The summed E-state index contributed by atoms with van der Waals surface area (Å²) in [6.45, 7) is 6.30. The summed E-state index contributed by atoms with van der Waals surface area (Å²) in [5, 5.41) is 4.99. The summed E-state index contributed by atoms with van der Waals surface area (Å²) < 4.78 is 13.2. The van der Waals surface area contributed by atoms with E-state index in [4.69, 9.17) is 14.5 Å². The molecule has 9 heteroatoms. The van der Waals surface area contributed by atoms with Crippen LogP contribution in [-0.2, 0) is 9.53 Å². The average Bonchev–Trinajstić information content (AvgIpc) is 2.87. The topological polar surface area (TPSA) is 86.0 Å². The molecule has 1 atom stereocenters. The number of carbonyl (C=O) groups is 1. The van der Waals surface area contributed by atoms with Crippen molar-refractivity contribution in [3.63, 3.8) is 0 Å². The Bertz CT molecular complexity index is 1270. The van der Waals surface area contributed by atoms with Crippen LogP contribution in [0.3, 0.4) is 0 Å². The van der Waals surface area contributed by atoms with Gasteiger partial charge in [-0.05, 0) is 42.3 Å². The fourth-order valence-electron chi connectivity index (χ4n) is 3.64. The normalized spacial score (nSPS) is 15.1. The summed E-state index contributed by atoms with van der Waals surface area (Å²) >= 11 is 3.42. The molecule has 0 unspecified atom stereocenters. The molecule has 0 aliphatic carbocycles. The lowest BCUT2D eigenvalue weighted by Crippen LogP contribution is -2.42. The zero-order valence-electron chi connectivity index (χ0n) is 19.2. The number of nitrogens with zero attached hydrogens (tertiary/aromatic N) is 4. The standard InChI is InChI=1S/C25H27BrN4O4/c1-3-17(2)24-28-22-8-7-19(26)14-21(22)25(32)30(24)27-15-18-5-4-6-20(13-18)34-16-23(31)29-9-11-33-12-10-29/h4-8,13-15,17H,3,9-12,16H2,1-2H3/t17-/m1/s1. The van der Waals surface area contributed by atoms with E-state index in [2.05, 4.69) is 28.0 Å². The van der Waals surface area contributed by atoms with Crippen LogP contribution in [0.4, 0.5) is 0 Å². The van der Waals surface area contributed by atoms with Crippen LogP contribution < -0.4 is 10.3 Å². The SMILES string of the molecule is CC[C@@H](C)c1nc2ccc(Br)cc2c(=O)n1N=Cc1cccc(OCC(=O)N2CCOCC2)c1. The first-order valence-corrected chi connectivity index (χ1v) is 12.1. The zero-order chi connectivity index (χ0) is 24.1. The second kappa shape index (κ2) is 10.9. The number of carbonyl (C=O) groups excluding carboxylic acids is 1. The Labute approximate surface area is 206 Å². The van der Waals surface area contributed by atoms with Crippen molar-refractivity contribution >= 4 is 39.0 Å². The predicted molar refractivity (Wildman–Crippen MR) is 135 cm³/mol. The molecule has 4 rings (SSSR count). The molecule has 1 saturated heterocycles. The van der Waals surface area contributed by atoms with Gasteiger partial charge in [0.15, 0.2) is 6.61 Å². The van der Waals surface area contributed by atoms with E-state index in [0.717, 1.165) is 16.5 Å². The number of amides is 1. The van der Waals surface area contributed by atoms with E-state index >= 15 is 0 Å². The maximum absolute atomic E-state index is 13.3. The maximum atomic E-state index is 13.3. The number of benzene rings is 2. The van der Waals surface area contributed by atoms with E-state index in [1.807, 2.05) is 31.2 Å². The van der Waals surface area contributed by atoms with Crippen molar-refractivity contribution in [2.24, 2.45) is 5.10 Å². The molecule has 2 heterocycles. The predicted octanol–water partition coefficient (Wildman–Crippen LogP) is 3.79. The van der Waals surface area contributed by atoms with E-state index in [-0.39, 0.29) is 24.0 Å². The molecule has 1 aliphatic heterocycles. The molecule has 1 amide bonds. The van der Waals surface area contributed by atoms with Gasteiger partial charge in [0.05, 0.1) is 30.3 Å². The first-order chi connectivity index (χ1) is 16.5. The second-order valence-corrected chi connectivity index (χ2v) is 9.07. The van der Waals surface area contributed by atoms with Gasteiger partial charge in [-0.3, -0.25) is 9.59 Å². The number of hydrogen-bond donors (Lipinski definition) is 0. The van der Waals surface area contributed by atoms with Gasteiger partial charge in [-0.25, -0.2) is 4.98 Å². The molecule has 8 nitrogen and oxygen atoms in total. The number of fused-ring (bicyclic) bond motifs is 1. The Morgan fingerprint density at radius 2 is 2.06 bits per heavy atom. The molecular formula is C25H27BrN4O4. The molecule has 0 saturated carbocycles. The molecule has 178 valence electrons. The van der Waals surface area contributed by atoms with Crippen LogP contribution in [0.25, 0.3) is 10.9 Å². The average molecular weight is 527 g/mol. The third kappa shape index (κ3) is 5.53. The van der Waals surface area contributed by atoms with Gasteiger partial charge in [-0.15, -0.1) is 0 Å². The largest absolute Gasteiger partial charge is 0.484 e. The number of morpholine rings is 1. The highest BCUT2D eigenvalue weighted by Gasteiger charge is 2.17. The van der Waals surface area contributed by atoms with Crippen molar-refractivity contribution in [1.82, 2.24) is 14.6 Å². The first-order valence-electron chi connectivity index (χ1n) is 11.3. The van der Waals surface area contributed by atoms with Crippen LogP contribution in [0.2, 0.25) is 0 Å². The highest BCUT2D eigenvalue weighted by Crippen LogP contribution is 2.21. The molecule has 34 heavy (non-hydrogen) atoms. The Morgan fingerprint density at radius 1 is 1.26 bits per heavy atom. The third-order valence-corrected chi connectivity index (χ3v) is 6.29. The lowest BCUT2D eigenvalue weighted by molar-refractivity contribution is -0.137. The molecular weight excluding hydrogens is 500 g/mol. The fraction of sp³-hybridized carbons (Fsp3) is 0.360. The molecule has 1 aromatic heterocycles. The monoisotopic (exact) mass is 526 g/mol. The molecule has 1 aliphatic rings. The van der Waals surface area contributed by atoms with Crippen molar-refractivity contribution in [3.05, 3.63) is 68.7 Å². The Hall–Kier alpha value is -3.04. The second-order valence-electron chi connectivity index (χ2n) is 8.16. The number of rotatable bonds is 7. The lowest BCUT2D eigenvalue weighted by atomic mass is 10.1. The molecule has 0 spiro atoms. The van der Waals surface area contributed by atoms with Crippen LogP contribution >= 0.6 is 15.9 Å². The van der Waals surface area contributed by atoms with Gasteiger partial charge >= 0.3 is 0 Å². The fourth-order valence-corrected chi connectivity index (χ4v) is 4.00. The highest BCUT2D eigenvalue weighted by molar-refractivity contribution is 9.10. The molecule has 0 N–H and O–H groups in total. The van der Waals surface area contributed by atoms with E-state index < -0.39 is 0 Å². The molecule has 0 radical (unpaired) electrons. The summed E-state index contributed by atoms with van der Waals surface area (Å²) in [5.74, 6) is 1.15. The van der Waals surface area contributed by atoms with E-state index in [9.17, 15) is 9.59 Å². The van der Waals surface area contributed by atoms with Gasteiger partial charge in [0.25, 0.3) is 11.5 Å². The highest BCUT2D eigenvalue weighted by atomic mass is 79.9. The van der Waals surface area contributed by atoms with Crippen molar-refractivity contribution in [2.75, 3.05) is 32.9 Å². The summed E-state index contributed by atoms with van der Waals surface area (Å²) in [6.07, 6.45) is 2.43. The maximum Gasteiger partial charge on any atom is 0.282 e. The smallest absolute Gasteiger partial charge is 0.282 e. The lowest BCUT2D eigenvalue weighted by Gasteiger charge is -2.26. The van der Waals surface area contributed by atoms with Crippen LogP contribution in [-0.4, -0.2) is 59.6 Å². The van der Waals surface area contributed by atoms with Gasteiger partial charge < -0.3 is 14.4 Å². The first kappa shape index (κ1) is 24.1. The molecule has 2 aromatic carbocycles. The minimum atomic E-state index is -0.221. The van der Waals surface area contributed by atoms with Gasteiger partial charge in [0.2, 0.25) is 0 Å². The van der Waals surface area contributed by atoms with Crippen molar-refractivity contribution in [1.29, 1.82) is 0 Å². The Balaban J connectivity index is 1.57. The van der Waals surface area contributed by atoms with Crippen molar-refractivity contribution in [3.8, 4) is 5.75 Å². The summed E-state index contributed by atoms with van der Waals surface area (Å²) in [6, 6.07) is 12.7. The summed E-state index contributed by atoms with van der Waals surface area (Å²) in [7, 11) is 0. The van der Waals surface area contributed by atoms with Gasteiger partial charge in [-0.1, -0.05) is 41.9 Å². The van der Waals surface area contributed by atoms with Crippen LogP contribution in [0, 0.1) is 0 Å². The minimum absolute atomic E-state index is 0.0400. The van der Waals surface area contributed by atoms with Crippen LogP contribution in [0.15, 0.2) is 56.8 Å². The summed E-state index contributed by atoms with van der Waals surface area (Å²) in [4.78, 5) is 32.0. The number of ether oxygens (including phenoxy) is 2. The minimum Gasteiger partial charge on any atom is -0.484 e. The van der Waals surface area contributed by atoms with E-state index in [1.54, 1.807) is 29.3 Å². The van der Waals surface area contributed by atoms with E-state index in [1.165, 1.54) is 4.68 Å². The quantitative estimate of drug-likeness (QED) is 0.437. The molecule has 1 fully saturated rings. The van der Waals surface area contributed by atoms with Gasteiger partial charge in [0.1, 0.15) is 11.6 Å². The van der Waals surface area contributed by atoms with Crippen LogP contribution in [0.1, 0.15) is 37.6 Å². The molecule has 3 aromatic rings. The zero-order valence-corrected chi connectivity index (χ0v) is 20.8. The van der Waals surface area contributed by atoms with Crippen molar-refractivity contribution < 1.29 is 14.3 Å². The van der Waals surface area contributed by atoms with Gasteiger partial charge in [0, 0.05) is 23.5 Å². The molecule has 0 bridgehead atoms. The van der Waals surface area contributed by atoms with Gasteiger partial charge in [-0.2, -0.15) is 9.78 Å². The van der Waals surface area contributed by atoms with Crippen LogP contribution in [0.5, 0.6) is 5.75 Å². The van der Waals surface area contributed by atoms with E-state index in [0.29, 0.717) is 48.8 Å². The van der Waals surface area contributed by atoms with Crippen molar-refractivity contribution in [2.45, 2.75) is 26.2 Å². The summed E-state index contributed by atoms with van der Waals surface area (Å²) in [5.41, 5.74) is 1.17. The number of aromatic nitrogens is 2. The Kier molecular flexibility index (Phi) is 7.74. The number of hydrogen-bond acceptors (Lipinski definition) is 6. The number of halogens is 1.